The van der Waals surface area contributed by atoms with Crippen molar-refractivity contribution in [2.45, 2.75) is 19.9 Å². The Balaban J connectivity index is 2.77. The van der Waals surface area contributed by atoms with Gasteiger partial charge < -0.3 is 10.5 Å². The van der Waals surface area contributed by atoms with E-state index in [4.69, 9.17) is 10.5 Å². The van der Waals surface area contributed by atoms with Crippen molar-refractivity contribution in [3.63, 3.8) is 0 Å². The Labute approximate surface area is 105 Å². The average Bonchev–Trinajstić information content (AvgIpc) is 2.36. The molecule has 0 amide bonds. The molecule has 0 aromatic heterocycles. The maximum atomic E-state index is 5.91. The minimum absolute atomic E-state index is 0.288. The Kier molecular flexibility index (Phi) is 6.19. The lowest BCUT2D eigenvalue weighted by Gasteiger charge is -2.30. The summed E-state index contributed by atoms with van der Waals surface area (Å²) in [6.07, 6.45) is 0. The number of benzene rings is 1. The van der Waals surface area contributed by atoms with E-state index in [9.17, 15) is 0 Å². The van der Waals surface area contributed by atoms with Crippen LogP contribution in [-0.4, -0.2) is 38.3 Å². The Morgan fingerprint density at radius 3 is 2.41 bits per heavy atom. The van der Waals surface area contributed by atoms with Crippen molar-refractivity contribution in [1.29, 1.82) is 0 Å². The smallest absolute Gasteiger partial charge is 0.0589 e. The van der Waals surface area contributed by atoms with Gasteiger partial charge in [0.15, 0.2) is 0 Å². The molecule has 0 radical (unpaired) electrons. The summed E-state index contributed by atoms with van der Waals surface area (Å²) in [6.45, 7) is 7.55. The predicted molar refractivity (Wildman–Crippen MR) is 72.1 cm³/mol. The Morgan fingerprint density at radius 1 is 1.29 bits per heavy atom. The molecule has 1 aromatic rings. The third kappa shape index (κ3) is 4.11. The molecule has 17 heavy (non-hydrogen) atoms. The number of aryl methyl sites for hydroxylation is 1. The summed E-state index contributed by atoms with van der Waals surface area (Å²) >= 11 is 0. The maximum Gasteiger partial charge on any atom is 0.0589 e. The minimum atomic E-state index is 0.288. The lowest BCUT2D eigenvalue weighted by molar-refractivity contribution is 0.125. The number of likely N-dealkylation sites (N-methyl/N-ethyl adjacent to an activating group) is 1. The van der Waals surface area contributed by atoms with Gasteiger partial charge in [0.25, 0.3) is 0 Å². The van der Waals surface area contributed by atoms with Crippen molar-refractivity contribution in [2.24, 2.45) is 5.73 Å². The summed E-state index contributed by atoms with van der Waals surface area (Å²) in [4.78, 5) is 2.36. The van der Waals surface area contributed by atoms with Crippen LogP contribution >= 0.6 is 0 Å². The number of nitrogens with two attached hydrogens (primary N) is 1. The number of nitrogens with zero attached hydrogens (tertiary/aromatic N) is 1. The van der Waals surface area contributed by atoms with Crippen LogP contribution in [0.5, 0.6) is 0 Å². The Morgan fingerprint density at radius 2 is 1.94 bits per heavy atom. The highest BCUT2D eigenvalue weighted by Gasteiger charge is 2.16. The third-order valence-corrected chi connectivity index (χ3v) is 3.11. The van der Waals surface area contributed by atoms with Crippen LogP contribution in [0, 0.1) is 6.92 Å². The Bertz CT molecular complexity index is 311. The molecule has 0 spiro atoms. The molecular weight excluding hydrogens is 212 g/mol. The van der Waals surface area contributed by atoms with E-state index in [1.54, 1.807) is 7.11 Å². The number of rotatable bonds is 7. The van der Waals surface area contributed by atoms with Gasteiger partial charge in [-0.3, -0.25) is 4.90 Å². The van der Waals surface area contributed by atoms with Crippen molar-refractivity contribution >= 4 is 0 Å². The predicted octanol–water partition coefficient (Wildman–Crippen LogP) is 1.96. The molecule has 0 aliphatic carbocycles. The van der Waals surface area contributed by atoms with Crippen LogP contribution in [0.3, 0.4) is 0 Å². The molecule has 3 nitrogen and oxygen atoms in total. The molecule has 0 bridgehead atoms. The summed E-state index contributed by atoms with van der Waals surface area (Å²) in [5, 5.41) is 0. The quantitative estimate of drug-likeness (QED) is 0.786. The van der Waals surface area contributed by atoms with Gasteiger partial charge in [0, 0.05) is 26.2 Å². The molecule has 1 aromatic carbocycles. The molecular formula is C14H24N2O. The molecule has 0 aliphatic rings. The topological polar surface area (TPSA) is 38.5 Å². The van der Waals surface area contributed by atoms with E-state index < -0.39 is 0 Å². The highest BCUT2D eigenvalue weighted by molar-refractivity contribution is 5.24. The van der Waals surface area contributed by atoms with Gasteiger partial charge in [-0.15, -0.1) is 0 Å². The van der Waals surface area contributed by atoms with E-state index in [2.05, 4.69) is 43.0 Å². The van der Waals surface area contributed by atoms with Gasteiger partial charge in [0.1, 0.15) is 0 Å². The summed E-state index contributed by atoms with van der Waals surface area (Å²) < 4.78 is 5.14. The molecule has 96 valence electrons. The monoisotopic (exact) mass is 236 g/mol. The Hall–Kier alpha value is -0.900. The normalized spacial score (nSPS) is 13.0. The second kappa shape index (κ2) is 7.43. The van der Waals surface area contributed by atoms with Gasteiger partial charge in [-0.25, -0.2) is 0 Å². The lowest BCUT2D eigenvalue weighted by Crippen LogP contribution is -2.35. The van der Waals surface area contributed by atoms with Crippen molar-refractivity contribution in [2.75, 3.05) is 33.4 Å². The number of hydrogen-bond donors (Lipinski definition) is 1. The molecule has 0 saturated carbocycles. The standard InChI is InChI=1S/C14H24N2O/c1-4-16(9-10-17-3)14(11-15)13-7-5-12(2)6-8-13/h5-8,14H,4,9-11,15H2,1-3H3. The highest BCUT2D eigenvalue weighted by Crippen LogP contribution is 2.19. The van der Waals surface area contributed by atoms with Crippen molar-refractivity contribution in [1.82, 2.24) is 4.90 Å². The van der Waals surface area contributed by atoms with Crippen molar-refractivity contribution in [3.8, 4) is 0 Å². The van der Waals surface area contributed by atoms with Crippen LogP contribution in [0.4, 0.5) is 0 Å². The molecule has 1 unspecified atom stereocenters. The summed E-state index contributed by atoms with van der Waals surface area (Å²) in [5.41, 5.74) is 8.48. The van der Waals surface area contributed by atoms with Crippen LogP contribution in [0.1, 0.15) is 24.1 Å². The average molecular weight is 236 g/mol. The first-order valence-corrected chi connectivity index (χ1v) is 6.22. The fourth-order valence-electron chi connectivity index (χ4n) is 2.03. The molecule has 3 heteroatoms. The first kappa shape index (κ1) is 14.2. The molecule has 2 N–H and O–H groups in total. The summed E-state index contributed by atoms with van der Waals surface area (Å²) in [7, 11) is 1.73. The van der Waals surface area contributed by atoms with Crippen LogP contribution in [0.2, 0.25) is 0 Å². The van der Waals surface area contributed by atoms with Gasteiger partial charge in [-0.1, -0.05) is 36.8 Å². The molecule has 0 saturated heterocycles. The zero-order chi connectivity index (χ0) is 12.7. The second-order valence-corrected chi connectivity index (χ2v) is 4.28. The van der Waals surface area contributed by atoms with Crippen LogP contribution in [0.15, 0.2) is 24.3 Å². The fraction of sp³-hybridized carbons (Fsp3) is 0.571. The molecule has 0 fully saturated rings. The first-order valence-electron chi connectivity index (χ1n) is 6.22. The fourth-order valence-corrected chi connectivity index (χ4v) is 2.03. The van der Waals surface area contributed by atoms with Crippen LogP contribution < -0.4 is 5.73 Å². The van der Waals surface area contributed by atoms with Crippen molar-refractivity contribution < 1.29 is 4.74 Å². The summed E-state index contributed by atoms with van der Waals surface area (Å²) in [6, 6.07) is 8.91. The number of hydrogen-bond acceptors (Lipinski definition) is 3. The van der Waals surface area contributed by atoms with Gasteiger partial charge >= 0.3 is 0 Å². The molecule has 0 heterocycles. The molecule has 1 atom stereocenters. The van der Waals surface area contributed by atoms with E-state index in [1.807, 2.05) is 0 Å². The maximum absolute atomic E-state index is 5.91. The second-order valence-electron chi connectivity index (χ2n) is 4.28. The highest BCUT2D eigenvalue weighted by atomic mass is 16.5. The van der Waals surface area contributed by atoms with E-state index in [1.165, 1.54) is 11.1 Å². The molecule has 0 aliphatic heterocycles. The van der Waals surface area contributed by atoms with Crippen molar-refractivity contribution in [3.05, 3.63) is 35.4 Å². The number of methoxy groups -OCH3 is 1. The summed E-state index contributed by atoms with van der Waals surface area (Å²) in [5.74, 6) is 0. The third-order valence-electron chi connectivity index (χ3n) is 3.11. The van der Waals surface area contributed by atoms with Gasteiger partial charge in [-0.05, 0) is 19.0 Å². The molecule has 1 rings (SSSR count). The van der Waals surface area contributed by atoms with Gasteiger partial charge in [-0.2, -0.15) is 0 Å². The first-order chi connectivity index (χ1) is 8.22. The van der Waals surface area contributed by atoms with E-state index in [-0.39, 0.29) is 6.04 Å². The van der Waals surface area contributed by atoms with E-state index in [0.29, 0.717) is 6.54 Å². The largest absolute Gasteiger partial charge is 0.383 e. The SMILES string of the molecule is CCN(CCOC)C(CN)c1ccc(C)cc1. The zero-order valence-electron chi connectivity index (χ0n) is 11.1. The number of ether oxygens (including phenoxy) is 1. The van der Waals surface area contributed by atoms with Crippen LogP contribution in [0.25, 0.3) is 0 Å². The zero-order valence-corrected chi connectivity index (χ0v) is 11.1. The van der Waals surface area contributed by atoms with E-state index in [0.717, 1.165) is 19.7 Å². The lowest BCUT2D eigenvalue weighted by atomic mass is 10.0. The van der Waals surface area contributed by atoms with Crippen LogP contribution in [-0.2, 0) is 4.74 Å². The minimum Gasteiger partial charge on any atom is -0.383 e. The van der Waals surface area contributed by atoms with Gasteiger partial charge in [0.05, 0.1) is 6.61 Å². The van der Waals surface area contributed by atoms with E-state index >= 15 is 0 Å². The van der Waals surface area contributed by atoms with Gasteiger partial charge in [0.2, 0.25) is 0 Å².